The highest BCUT2D eigenvalue weighted by molar-refractivity contribution is 5.64. The normalized spacial score (nSPS) is 9.23. The van der Waals surface area contributed by atoms with Crippen LogP contribution in [0.4, 0.5) is 4.79 Å². The van der Waals surface area contributed by atoms with Crippen LogP contribution in [0.15, 0.2) is 30.3 Å². The van der Waals surface area contributed by atoms with Crippen molar-refractivity contribution < 1.29 is 14.3 Å². The molecule has 1 aromatic rings. The summed E-state index contributed by atoms with van der Waals surface area (Å²) >= 11 is 0. The number of ether oxygens (including phenoxy) is 2. The van der Waals surface area contributed by atoms with Gasteiger partial charge in [-0.3, -0.25) is 0 Å². The molecule has 1 aromatic carbocycles. The van der Waals surface area contributed by atoms with Crippen molar-refractivity contribution in [3.8, 4) is 5.75 Å². The molecule has 0 radical (unpaired) electrons. The molecule has 70 valence electrons. The van der Waals surface area contributed by atoms with Crippen LogP contribution in [0.3, 0.4) is 0 Å². The van der Waals surface area contributed by atoms with Gasteiger partial charge in [0, 0.05) is 0 Å². The second-order valence-corrected chi connectivity index (χ2v) is 2.33. The summed E-state index contributed by atoms with van der Waals surface area (Å²) in [5.41, 5.74) is 4.76. The number of hydrogen-bond donors (Lipinski definition) is 1. The average Bonchev–Trinajstić information content (AvgIpc) is 2.14. The van der Waals surface area contributed by atoms with Crippen LogP contribution in [0.5, 0.6) is 5.75 Å². The highest BCUT2D eigenvalue weighted by atomic mass is 16.6. The summed E-state index contributed by atoms with van der Waals surface area (Å²) in [7, 11) is 0. The maximum Gasteiger partial charge on any atom is 0.404 e. The Kier molecular flexibility index (Phi) is 3.63. The fourth-order valence-electron chi connectivity index (χ4n) is 0.818. The monoisotopic (exact) mass is 181 g/mol. The number of para-hydroxylation sites is 1. The maximum absolute atomic E-state index is 10.2. The standard InChI is InChI=1S/C9H11NO3/c10-9(11)13-7-6-12-8-4-2-1-3-5-8/h1-5H,6-7H2,(H2,10,11). The summed E-state index contributed by atoms with van der Waals surface area (Å²) in [6.07, 6.45) is -0.781. The van der Waals surface area contributed by atoms with Gasteiger partial charge in [-0.25, -0.2) is 4.79 Å². The van der Waals surface area contributed by atoms with E-state index in [1.54, 1.807) is 0 Å². The van der Waals surface area contributed by atoms with Crippen molar-refractivity contribution in [1.29, 1.82) is 0 Å². The van der Waals surface area contributed by atoms with E-state index in [9.17, 15) is 4.79 Å². The van der Waals surface area contributed by atoms with Crippen molar-refractivity contribution in [2.75, 3.05) is 13.2 Å². The topological polar surface area (TPSA) is 61.6 Å². The van der Waals surface area contributed by atoms with Gasteiger partial charge in [0.15, 0.2) is 0 Å². The minimum Gasteiger partial charge on any atom is -0.490 e. The molecule has 4 heteroatoms. The molecule has 0 heterocycles. The highest BCUT2D eigenvalue weighted by Gasteiger charge is 1.94. The summed E-state index contributed by atoms with van der Waals surface area (Å²) in [6, 6.07) is 9.27. The van der Waals surface area contributed by atoms with E-state index in [0.29, 0.717) is 6.61 Å². The summed E-state index contributed by atoms with van der Waals surface area (Å²) in [5.74, 6) is 0.746. The molecule has 0 saturated heterocycles. The van der Waals surface area contributed by atoms with Gasteiger partial charge in [0.2, 0.25) is 0 Å². The first-order chi connectivity index (χ1) is 6.29. The number of nitrogens with two attached hydrogens (primary N) is 1. The van der Waals surface area contributed by atoms with Gasteiger partial charge in [0.25, 0.3) is 0 Å². The first kappa shape index (κ1) is 9.38. The Balaban J connectivity index is 2.17. The first-order valence-electron chi connectivity index (χ1n) is 3.89. The molecule has 0 aromatic heterocycles. The van der Waals surface area contributed by atoms with Crippen molar-refractivity contribution in [3.63, 3.8) is 0 Å². The molecular formula is C9H11NO3. The van der Waals surface area contributed by atoms with Crippen LogP contribution in [-0.4, -0.2) is 19.3 Å². The Bertz CT molecular complexity index is 261. The maximum atomic E-state index is 10.2. The molecule has 4 nitrogen and oxygen atoms in total. The SMILES string of the molecule is NC(=O)OCCOc1ccccc1. The molecule has 0 unspecified atom stereocenters. The molecule has 0 bridgehead atoms. The molecule has 0 aliphatic heterocycles. The number of carbonyl (C=O) groups is 1. The van der Waals surface area contributed by atoms with Gasteiger partial charge in [-0.15, -0.1) is 0 Å². The molecule has 1 amide bonds. The molecule has 0 atom stereocenters. The quantitative estimate of drug-likeness (QED) is 0.709. The minimum atomic E-state index is -0.781. The Morgan fingerprint density at radius 2 is 1.92 bits per heavy atom. The lowest BCUT2D eigenvalue weighted by atomic mass is 10.3. The van der Waals surface area contributed by atoms with E-state index in [1.807, 2.05) is 30.3 Å². The molecule has 0 aliphatic carbocycles. The fraction of sp³-hybridized carbons (Fsp3) is 0.222. The van der Waals surface area contributed by atoms with Crippen molar-refractivity contribution in [2.24, 2.45) is 5.73 Å². The lowest BCUT2D eigenvalue weighted by Gasteiger charge is -2.04. The predicted octanol–water partition coefficient (Wildman–Crippen LogP) is 1.16. The van der Waals surface area contributed by atoms with E-state index in [0.717, 1.165) is 5.75 Å². The lowest BCUT2D eigenvalue weighted by Crippen LogP contribution is -2.17. The fourth-order valence-corrected chi connectivity index (χ4v) is 0.818. The van der Waals surface area contributed by atoms with Crippen LogP contribution in [-0.2, 0) is 4.74 Å². The third-order valence-corrected chi connectivity index (χ3v) is 1.34. The first-order valence-corrected chi connectivity index (χ1v) is 3.89. The van der Waals surface area contributed by atoms with Crippen molar-refractivity contribution in [3.05, 3.63) is 30.3 Å². The van der Waals surface area contributed by atoms with E-state index in [4.69, 9.17) is 10.5 Å². The van der Waals surface area contributed by atoms with E-state index in [1.165, 1.54) is 0 Å². The minimum absolute atomic E-state index is 0.171. The number of benzene rings is 1. The van der Waals surface area contributed by atoms with Crippen LogP contribution in [0.2, 0.25) is 0 Å². The Morgan fingerprint density at radius 3 is 2.54 bits per heavy atom. The molecule has 2 N–H and O–H groups in total. The number of hydrogen-bond acceptors (Lipinski definition) is 3. The molecule has 13 heavy (non-hydrogen) atoms. The van der Waals surface area contributed by atoms with Crippen LogP contribution >= 0.6 is 0 Å². The van der Waals surface area contributed by atoms with Gasteiger partial charge < -0.3 is 15.2 Å². The van der Waals surface area contributed by atoms with Gasteiger partial charge in [-0.05, 0) is 12.1 Å². The van der Waals surface area contributed by atoms with Gasteiger partial charge >= 0.3 is 6.09 Å². The van der Waals surface area contributed by atoms with E-state index in [2.05, 4.69) is 4.74 Å². The van der Waals surface area contributed by atoms with Gasteiger partial charge in [0.05, 0.1) is 0 Å². The zero-order chi connectivity index (χ0) is 9.52. The molecule has 1 rings (SSSR count). The summed E-state index contributed by atoms with van der Waals surface area (Å²) < 4.78 is 9.70. The van der Waals surface area contributed by atoms with Crippen LogP contribution in [0.1, 0.15) is 0 Å². The smallest absolute Gasteiger partial charge is 0.404 e. The van der Waals surface area contributed by atoms with E-state index >= 15 is 0 Å². The Labute approximate surface area is 76.3 Å². The lowest BCUT2D eigenvalue weighted by molar-refractivity contribution is 0.134. The average molecular weight is 181 g/mol. The van der Waals surface area contributed by atoms with Crippen molar-refractivity contribution in [2.45, 2.75) is 0 Å². The third-order valence-electron chi connectivity index (χ3n) is 1.34. The zero-order valence-electron chi connectivity index (χ0n) is 7.10. The van der Waals surface area contributed by atoms with Gasteiger partial charge in [-0.1, -0.05) is 18.2 Å². The second kappa shape index (κ2) is 5.03. The molecule has 0 fully saturated rings. The van der Waals surface area contributed by atoms with Crippen LogP contribution in [0, 0.1) is 0 Å². The highest BCUT2D eigenvalue weighted by Crippen LogP contribution is 2.07. The number of primary amides is 1. The molecular weight excluding hydrogens is 170 g/mol. The summed E-state index contributed by atoms with van der Waals surface area (Å²) in [6.45, 7) is 0.483. The predicted molar refractivity (Wildman–Crippen MR) is 47.5 cm³/mol. The van der Waals surface area contributed by atoms with Crippen molar-refractivity contribution in [1.82, 2.24) is 0 Å². The van der Waals surface area contributed by atoms with E-state index in [-0.39, 0.29) is 6.61 Å². The summed E-state index contributed by atoms with van der Waals surface area (Å²) in [4.78, 5) is 10.2. The largest absolute Gasteiger partial charge is 0.490 e. The third kappa shape index (κ3) is 4.00. The Morgan fingerprint density at radius 1 is 1.23 bits per heavy atom. The Hall–Kier alpha value is -1.71. The second-order valence-electron chi connectivity index (χ2n) is 2.33. The van der Waals surface area contributed by atoms with Crippen LogP contribution < -0.4 is 10.5 Å². The van der Waals surface area contributed by atoms with Crippen LogP contribution in [0.25, 0.3) is 0 Å². The molecule has 0 aliphatic rings. The number of rotatable bonds is 4. The van der Waals surface area contributed by atoms with Crippen molar-refractivity contribution >= 4 is 6.09 Å². The van der Waals surface area contributed by atoms with Gasteiger partial charge in [0.1, 0.15) is 19.0 Å². The van der Waals surface area contributed by atoms with E-state index < -0.39 is 6.09 Å². The zero-order valence-corrected chi connectivity index (χ0v) is 7.10. The number of amides is 1. The summed E-state index contributed by atoms with van der Waals surface area (Å²) in [5, 5.41) is 0. The molecule has 0 saturated carbocycles. The number of carbonyl (C=O) groups excluding carboxylic acids is 1. The van der Waals surface area contributed by atoms with Gasteiger partial charge in [-0.2, -0.15) is 0 Å². The molecule has 0 spiro atoms.